The van der Waals surface area contributed by atoms with Crippen LogP contribution in [0, 0.1) is 0 Å². The standard InChI is InChI=1S/C15H17ClN2O2/c1-19-14-9-13(15(20-2)8-12(14)16)18-7-5-11-4-3-6-17-10-11/h3-4,6,8-10,18H,5,7H2,1-2H3. The number of nitrogens with one attached hydrogen (secondary N) is 1. The van der Waals surface area contributed by atoms with E-state index in [1.165, 1.54) is 5.56 Å². The molecule has 2 rings (SSSR count). The monoisotopic (exact) mass is 292 g/mol. The molecule has 1 N–H and O–H groups in total. The highest BCUT2D eigenvalue weighted by Crippen LogP contribution is 2.35. The Labute approximate surface area is 123 Å². The summed E-state index contributed by atoms with van der Waals surface area (Å²) in [5.41, 5.74) is 2.04. The molecule has 20 heavy (non-hydrogen) atoms. The van der Waals surface area contributed by atoms with E-state index in [-0.39, 0.29) is 0 Å². The summed E-state index contributed by atoms with van der Waals surface area (Å²) in [6.07, 6.45) is 4.51. The minimum atomic E-state index is 0.530. The Balaban J connectivity index is 2.05. The van der Waals surface area contributed by atoms with Gasteiger partial charge in [-0.2, -0.15) is 0 Å². The summed E-state index contributed by atoms with van der Waals surface area (Å²) in [5, 5.41) is 3.85. The summed E-state index contributed by atoms with van der Waals surface area (Å²) in [4.78, 5) is 4.09. The van der Waals surface area contributed by atoms with E-state index in [0.717, 1.165) is 18.7 Å². The van der Waals surface area contributed by atoms with Crippen LogP contribution >= 0.6 is 11.6 Å². The molecular weight excluding hydrogens is 276 g/mol. The normalized spacial score (nSPS) is 10.2. The highest BCUT2D eigenvalue weighted by molar-refractivity contribution is 6.32. The van der Waals surface area contributed by atoms with Gasteiger partial charge in [0.1, 0.15) is 11.5 Å². The van der Waals surface area contributed by atoms with Crippen molar-refractivity contribution in [1.82, 2.24) is 4.98 Å². The topological polar surface area (TPSA) is 43.4 Å². The summed E-state index contributed by atoms with van der Waals surface area (Å²) < 4.78 is 10.5. The van der Waals surface area contributed by atoms with Crippen LogP contribution in [0.5, 0.6) is 11.5 Å². The van der Waals surface area contributed by atoms with E-state index in [1.54, 1.807) is 26.5 Å². The van der Waals surface area contributed by atoms with E-state index in [9.17, 15) is 0 Å². The summed E-state index contributed by atoms with van der Waals surface area (Å²) in [7, 11) is 3.21. The first-order chi connectivity index (χ1) is 9.74. The van der Waals surface area contributed by atoms with Gasteiger partial charge in [-0.1, -0.05) is 17.7 Å². The van der Waals surface area contributed by atoms with E-state index < -0.39 is 0 Å². The summed E-state index contributed by atoms with van der Waals surface area (Å²) >= 11 is 6.07. The lowest BCUT2D eigenvalue weighted by Crippen LogP contribution is -2.06. The molecule has 0 atom stereocenters. The van der Waals surface area contributed by atoms with Crippen molar-refractivity contribution in [2.75, 3.05) is 26.1 Å². The van der Waals surface area contributed by atoms with Crippen LogP contribution in [-0.2, 0) is 6.42 Å². The molecule has 1 heterocycles. The smallest absolute Gasteiger partial charge is 0.143 e. The molecule has 0 saturated carbocycles. The average Bonchev–Trinajstić information content (AvgIpc) is 2.49. The number of methoxy groups -OCH3 is 2. The molecular formula is C15H17ClN2O2. The second-order valence-corrected chi connectivity index (χ2v) is 4.63. The molecule has 4 nitrogen and oxygen atoms in total. The van der Waals surface area contributed by atoms with Crippen molar-refractivity contribution >= 4 is 17.3 Å². The third kappa shape index (κ3) is 3.54. The predicted molar refractivity (Wildman–Crippen MR) is 81.0 cm³/mol. The molecule has 0 bridgehead atoms. The maximum Gasteiger partial charge on any atom is 0.143 e. The fourth-order valence-electron chi connectivity index (χ4n) is 1.89. The number of hydrogen-bond donors (Lipinski definition) is 1. The molecule has 0 saturated heterocycles. The largest absolute Gasteiger partial charge is 0.495 e. The molecule has 1 aromatic carbocycles. The number of rotatable bonds is 6. The van der Waals surface area contributed by atoms with Gasteiger partial charge in [0.25, 0.3) is 0 Å². The summed E-state index contributed by atoms with van der Waals surface area (Å²) in [6.45, 7) is 0.771. The van der Waals surface area contributed by atoms with Crippen LogP contribution in [-0.4, -0.2) is 25.7 Å². The summed E-state index contributed by atoms with van der Waals surface area (Å²) in [6, 6.07) is 7.56. The maximum atomic E-state index is 6.07. The van der Waals surface area contributed by atoms with Crippen LogP contribution in [0.1, 0.15) is 5.56 Å². The summed E-state index contributed by atoms with van der Waals surface area (Å²) in [5.74, 6) is 1.32. The van der Waals surface area contributed by atoms with E-state index >= 15 is 0 Å². The molecule has 0 radical (unpaired) electrons. The Morgan fingerprint density at radius 2 is 2.00 bits per heavy atom. The van der Waals surface area contributed by atoms with Gasteiger partial charge in [0.15, 0.2) is 0 Å². The number of pyridine rings is 1. The number of hydrogen-bond acceptors (Lipinski definition) is 4. The van der Waals surface area contributed by atoms with E-state index in [4.69, 9.17) is 21.1 Å². The lowest BCUT2D eigenvalue weighted by molar-refractivity contribution is 0.404. The first kappa shape index (κ1) is 14.5. The van der Waals surface area contributed by atoms with Crippen molar-refractivity contribution in [2.24, 2.45) is 0 Å². The van der Waals surface area contributed by atoms with Crippen molar-refractivity contribution in [1.29, 1.82) is 0 Å². The minimum Gasteiger partial charge on any atom is -0.495 e. The average molecular weight is 293 g/mol. The molecule has 0 fully saturated rings. The fraction of sp³-hybridized carbons (Fsp3) is 0.267. The molecule has 1 aromatic heterocycles. The van der Waals surface area contributed by atoms with Crippen molar-refractivity contribution in [2.45, 2.75) is 6.42 Å². The van der Waals surface area contributed by atoms with Crippen LogP contribution in [0.4, 0.5) is 5.69 Å². The zero-order chi connectivity index (χ0) is 14.4. The van der Waals surface area contributed by atoms with Gasteiger partial charge in [-0.05, 0) is 18.1 Å². The van der Waals surface area contributed by atoms with Crippen LogP contribution in [0.25, 0.3) is 0 Å². The molecule has 106 valence electrons. The van der Waals surface area contributed by atoms with E-state index in [0.29, 0.717) is 16.5 Å². The fourth-order valence-corrected chi connectivity index (χ4v) is 2.12. The first-order valence-electron chi connectivity index (χ1n) is 6.29. The lowest BCUT2D eigenvalue weighted by atomic mass is 10.2. The van der Waals surface area contributed by atoms with E-state index in [2.05, 4.69) is 10.3 Å². The van der Waals surface area contributed by atoms with Crippen LogP contribution in [0.15, 0.2) is 36.7 Å². The molecule has 0 spiro atoms. The Kier molecular flexibility index (Phi) is 5.07. The number of benzene rings is 1. The Morgan fingerprint density at radius 1 is 1.20 bits per heavy atom. The highest BCUT2D eigenvalue weighted by atomic mass is 35.5. The molecule has 0 aliphatic carbocycles. The van der Waals surface area contributed by atoms with Gasteiger partial charge in [0, 0.05) is 31.1 Å². The van der Waals surface area contributed by atoms with Gasteiger partial charge in [0.2, 0.25) is 0 Å². The van der Waals surface area contributed by atoms with Crippen molar-refractivity contribution in [3.63, 3.8) is 0 Å². The lowest BCUT2D eigenvalue weighted by Gasteiger charge is -2.13. The van der Waals surface area contributed by atoms with Crippen molar-refractivity contribution < 1.29 is 9.47 Å². The van der Waals surface area contributed by atoms with Gasteiger partial charge in [-0.25, -0.2) is 0 Å². The Hall–Kier alpha value is -1.94. The van der Waals surface area contributed by atoms with Gasteiger partial charge in [0.05, 0.1) is 24.9 Å². The van der Waals surface area contributed by atoms with Gasteiger partial charge in [-0.3, -0.25) is 4.98 Å². The molecule has 0 unspecified atom stereocenters. The quantitative estimate of drug-likeness (QED) is 0.886. The number of anilines is 1. The Morgan fingerprint density at radius 3 is 2.65 bits per heavy atom. The Bertz CT molecular complexity index is 561. The molecule has 2 aromatic rings. The first-order valence-corrected chi connectivity index (χ1v) is 6.66. The van der Waals surface area contributed by atoms with Crippen LogP contribution in [0.3, 0.4) is 0 Å². The van der Waals surface area contributed by atoms with Crippen LogP contribution < -0.4 is 14.8 Å². The number of ether oxygens (including phenoxy) is 2. The second kappa shape index (κ2) is 7.01. The third-order valence-corrected chi connectivity index (χ3v) is 3.22. The number of nitrogens with zero attached hydrogens (tertiary/aromatic N) is 1. The predicted octanol–water partition coefficient (Wildman–Crippen LogP) is 3.41. The molecule has 0 aliphatic heterocycles. The minimum absolute atomic E-state index is 0.530. The second-order valence-electron chi connectivity index (χ2n) is 4.23. The van der Waals surface area contributed by atoms with E-state index in [1.807, 2.05) is 24.4 Å². The van der Waals surface area contributed by atoms with Crippen LogP contribution in [0.2, 0.25) is 5.02 Å². The molecule has 0 aliphatic rings. The number of aromatic nitrogens is 1. The van der Waals surface area contributed by atoms with Gasteiger partial charge in [-0.15, -0.1) is 0 Å². The van der Waals surface area contributed by atoms with Crippen molar-refractivity contribution in [3.05, 3.63) is 47.2 Å². The third-order valence-electron chi connectivity index (χ3n) is 2.93. The van der Waals surface area contributed by atoms with Gasteiger partial charge >= 0.3 is 0 Å². The van der Waals surface area contributed by atoms with Gasteiger partial charge < -0.3 is 14.8 Å². The zero-order valence-corrected chi connectivity index (χ0v) is 12.3. The zero-order valence-electron chi connectivity index (χ0n) is 11.5. The molecule has 0 amide bonds. The number of halogens is 1. The molecule has 5 heteroatoms. The van der Waals surface area contributed by atoms with Crippen molar-refractivity contribution in [3.8, 4) is 11.5 Å². The SMILES string of the molecule is COc1cc(NCCc2cccnc2)c(OC)cc1Cl. The maximum absolute atomic E-state index is 6.07. The highest BCUT2D eigenvalue weighted by Gasteiger charge is 2.09.